The molecule has 22 heavy (non-hydrogen) atoms. The zero-order valence-corrected chi connectivity index (χ0v) is 13.1. The third-order valence-electron chi connectivity index (χ3n) is 2.67. The van der Waals surface area contributed by atoms with Crippen LogP contribution < -0.4 is 15.4 Å². The maximum absolute atomic E-state index is 11.7. The molecule has 0 aliphatic carbocycles. The molecule has 120 valence electrons. The molecule has 1 aromatic carbocycles. The molecular weight excluding hydrogens is 308 g/mol. The van der Waals surface area contributed by atoms with Crippen molar-refractivity contribution >= 4 is 28.9 Å². The highest BCUT2D eigenvalue weighted by atomic mass is 32.2. The summed E-state index contributed by atoms with van der Waals surface area (Å²) in [4.78, 5) is 33.6. The van der Waals surface area contributed by atoms with Crippen LogP contribution in [0.3, 0.4) is 0 Å². The van der Waals surface area contributed by atoms with Crippen LogP contribution in [0.1, 0.15) is 12.5 Å². The van der Waals surface area contributed by atoms with Crippen LogP contribution in [0.5, 0.6) is 5.75 Å². The predicted molar refractivity (Wildman–Crippen MR) is 82.9 cm³/mol. The number of para-hydroxylation sites is 1. The highest BCUT2D eigenvalue weighted by molar-refractivity contribution is 8.13. The van der Waals surface area contributed by atoms with Crippen molar-refractivity contribution in [1.82, 2.24) is 10.6 Å². The van der Waals surface area contributed by atoms with E-state index in [0.717, 1.165) is 17.3 Å². The maximum Gasteiger partial charge on any atom is 0.327 e. The molecule has 7 nitrogen and oxygen atoms in total. The molecular formula is C14H18N2O5S. The van der Waals surface area contributed by atoms with Crippen LogP contribution >= 0.6 is 11.8 Å². The van der Waals surface area contributed by atoms with Crippen LogP contribution in [-0.4, -0.2) is 41.1 Å². The second kappa shape index (κ2) is 8.93. The first-order valence-corrected chi connectivity index (χ1v) is 7.45. The van der Waals surface area contributed by atoms with Gasteiger partial charge < -0.3 is 20.5 Å². The van der Waals surface area contributed by atoms with Crippen LogP contribution in [0.15, 0.2) is 24.3 Å². The Morgan fingerprint density at radius 1 is 1.32 bits per heavy atom. The second-order valence-corrected chi connectivity index (χ2v) is 5.35. The lowest BCUT2D eigenvalue weighted by atomic mass is 10.2. The summed E-state index contributed by atoms with van der Waals surface area (Å²) in [5.74, 6) is -1.02. The fourth-order valence-corrected chi connectivity index (χ4v) is 2.36. The van der Waals surface area contributed by atoms with Crippen molar-refractivity contribution in [2.24, 2.45) is 0 Å². The zero-order valence-electron chi connectivity index (χ0n) is 12.3. The lowest BCUT2D eigenvalue weighted by Gasteiger charge is -2.13. The molecule has 1 rings (SSSR count). The molecule has 0 aromatic heterocycles. The van der Waals surface area contributed by atoms with Gasteiger partial charge in [-0.1, -0.05) is 30.0 Å². The van der Waals surface area contributed by atoms with Gasteiger partial charge in [0, 0.05) is 24.8 Å². The van der Waals surface area contributed by atoms with Gasteiger partial charge >= 0.3 is 5.97 Å². The Labute approximate surface area is 132 Å². The molecule has 8 heteroatoms. The number of carbonyl (C=O) groups is 3. The minimum atomic E-state index is -1.18. The normalized spacial score (nSPS) is 11.4. The largest absolute Gasteiger partial charge is 0.496 e. The number of hydrogen-bond acceptors (Lipinski definition) is 5. The van der Waals surface area contributed by atoms with E-state index in [-0.39, 0.29) is 17.5 Å². The van der Waals surface area contributed by atoms with Gasteiger partial charge in [0.2, 0.25) is 5.91 Å². The number of benzene rings is 1. The van der Waals surface area contributed by atoms with E-state index in [1.807, 2.05) is 18.2 Å². The first-order valence-electron chi connectivity index (χ1n) is 6.46. The first-order chi connectivity index (χ1) is 10.4. The van der Waals surface area contributed by atoms with E-state index in [1.165, 1.54) is 6.92 Å². The van der Waals surface area contributed by atoms with Crippen LogP contribution in [0.2, 0.25) is 0 Å². The number of nitrogens with one attached hydrogen (secondary N) is 2. The molecule has 0 fully saturated rings. The summed E-state index contributed by atoms with van der Waals surface area (Å²) in [5, 5.41) is 13.5. The van der Waals surface area contributed by atoms with Gasteiger partial charge in [-0.2, -0.15) is 0 Å². The van der Waals surface area contributed by atoms with E-state index in [0.29, 0.717) is 5.75 Å². The van der Waals surface area contributed by atoms with Crippen molar-refractivity contribution in [1.29, 1.82) is 0 Å². The number of rotatable bonds is 7. The summed E-state index contributed by atoms with van der Waals surface area (Å²) < 4.78 is 5.17. The number of aliphatic carboxylic acids is 1. The number of thioether (sulfide) groups is 1. The number of carboxylic acids is 1. The predicted octanol–water partition coefficient (Wildman–Crippen LogP) is 1.23. The quantitative estimate of drug-likeness (QED) is 0.696. The average molecular weight is 326 g/mol. The molecule has 0 aliphatic rings. The smallest absolute Gasteiger partial charge is 0.327 e. The van der Waals surface area contributed by atoms with Crippen LogP contribution in [0, 0.1) is 0 Å². The van der Waals surface area contributed by atoms with Gasteiger partial charge in [-0.25, -0.2) is 4.79 Å². The third-order valence-corrected chi connectivity index (χ3v) is 3.58. The topological polar surface area (TPSA) is 105 Å². The van der Waals surface area contributed by atoms with E-state index in [2.05, 4.69) is 10.6 Å². The first kappa shape index (κ1) is 17.8. The standard InChI is InChI=1S/C14H18N2O5S/c1-9(17)16-11(13(18)19)8-22-14(20)15-7-10-5-3-4-6-12(10)21-2/h3-6,11H,7-8H2,1-2H3,(H,15,20)(H,16,17)(H,18,19)/t11-/m0/s1. The Morgan fingerprint density at radius 2 is 2.00 bits per heavy atom. The Morgan fingerprint density at radius 3 is 2.59 bits per heavy atom. The fraction of sp³-hybridized carbons (Fsp3) is 0.357. The monoisotopic (exact) mass is 326 g/mol. The van der Waals surface area contributed by atoms with Gasteiger partial charge in [0.05, 0.1) is 7.11 Å². The molecule has 0 bridgehead atoms. The number of hydrogen-bond donors (Lipinski definition) is 3. The average Bonchev–Trinajstić information content (AvgIpc) is 2.48. The molecule has 1 aromatic rings. The molecule has 1 atom stereocenters. The van der Waals surface area contributed by atoms with Gasteiger partial charge in [-0.3, -0.25) is 9.59 Å². The van der Waals surface area contributed by atoms with Gasteiger partial charge in [-0.15, -0.1) is 0 Å². The van der Waals surface area contributed by atoms with E-state index in [1.54, 1.807) is 13.2 Å². The van der Waals surface area contributed by atoms with Gasteiger partial charge in [0.1, 0.15) is 11.8 Å². The summed E-state index contributed by atoms with van der Waals surface area (Å²) >= 11 is 0.801. The Hall–Kier alpha value is -2.22. The van der Waals surface area contributed by atoms with Crippen molar-refractivity contribution in [2.45, 2.75) is 19.5 Å². The minimum Gasteiger partial charge on any atom is -0.496 e. The Kier molecular flexibility index (Phi) is 7.24. The lowest BCUT2D eigenvalue weighted by molar-refractivity contribution is -0.140. The third kappa shape index (κ3) is 6.04. The molecule has 3 N–H and O–H groups in total. The molecule has 0 spiro atoms. The number of carboxylic acid groups (broad SMARTS) is 1. The van der Waals surface area contributed by atoms with Gasteiger partial charge in [-0.05, 0) is 6.07 Å². The summed E-state index contributed by atoms with van der Waals surface area (Å²) in [6, 6.07) is 6.16. The number of carbonyl (C=O) groups excluding carboxylic acids is 2. The van der Waals surface area contributed by atoms with Crippen molar-refractivity contribution < 1.29 is 24.2 Å². The second-order valence-electron chi connectivity index (χ2n) is 4.36. The Balaban J connectivity index is 2.45. The summed E-state index contributed by atoms with van der Waals surface area (Å²) in [5.41, 5.74) is 0.815. The fourth-order valence-electron chi connectivity index (χ4n) is 1.65. The molecule has 0 aliphatic heterocycles. The maximum atomic E-state index is 11.7. The number of amides is 2. The van der Waals surface area contributed by atoms with E-state index in [9.17, 15) is 14.4 Å². The van der Waals surface area contributed by atoms with Gasteiger partial charge in [0.15, 0.2) is 0 Å². The molecule has 0 radical (unpaired) electrons. The van der Waals surface area contributed by atoms with E-state index >= 15 is 0 Å². The zero-order chi connectivity index (χ0) is 16.5. The van der Waals surface area contributed by atoms with Crippen molar-refractivity contribution in [3.8, 4) is 5.75 Å². The van der Waals surface area contributed by atoms with Crippen molar-refractivity contribution in [3.05, 3.63) is 29.8 Å². The van der Waals surface area contributed by atoms with Crippen molar-refractivity contribution in [3.63, 3.8) is 0 Å². The van der Waals surface area contributed by atoms with E-state index in [4.69, 9.17) is 9.84 Å². The highest BCUT2D eigenvalue weighted by Gasteiger charge is 2.20. The van der Waals surface area contributed by atoms with Crippen LogP contribution in [0.4, 0.5) is 4.79 Å². The van der Waals surface area contributed by atoms with Crippen LogP contribution in [0.25, 0.3) is 0 Å². The molecule has 0 saturated heterocycles. The number of methoxy groups -OCH3 is 1. The molecule has 2 amide bonds. The van der Waals surface area contributed by atoms with E-state index < -0.39 is 17.9 Å². The summed E-state index contributed by atoms with van der Waals surface area (Å²) in [6.07, 6.45) is 0. The molecule has 0 saturated carbocycles. The summed E-state index contributed by atoms with van der Waals surface area (Å²) in [6.45, 7) is 1.50. The highest BCUT2D eigenvalue weighted by Crippen LogP contribution is 2.17. The van der Waals surface area contributed by atoms with Crippen molar-refractivity contribution in [2.75, 3.05) is 12.9 Å². The van der Waals surface area contributed by atoms with Crippen LogP contribution in [-0.2, 0) is 16.1 Å². The molecule has 0 unspecified atom stereocenters. The SMILES string of the molecule is COc1ccccc1CNC(=O)SC[C@H](NC(C)=O)C(=O)O. The van der Waals surface area contributed by atoms with Gasteiger partial charge in [0.25, 0.3) is 5.24 Å². The molecule has 0 heterocycles. The number of ether oxygens (including phenoxy) is 1. The lowest BCUT2D eigenvalue weighted by Crippen LogP contribution is -2.42. The Bertz CT molecular complexity index is 550. The summed E-state index contributed by atoms with van der Waals surface area (Å²) in [7, 11) is 1.54. The minimum absolute atomic E-state index is 0.0489.